The van der Waals surface area contributed by atoms with E-state index < -0.39 is 27.9 Å². The van der Waals surface area contributed by atoms with E-state index in [1.807, 2.05) is 0 Å². The minimum Gasteiger partial charge on any atom is -0.480 e. The van der Waals surface area contributed by atoms with Gasteiger partial charge in [-0.15, -0.1) is 0 Å². The van der Waals surface area contributed by atoms with Gasteiger partial charge in [0.25, 0.3) is 5.91 Å². The highest BCUT2D eigenvalue weighted by Crippen LogP contribution is 2.26. The number of carboxylic acid groups (broad SMARTS) is 1. The maximum Gasteiger partial charge on any atom is 0.326 e. The SMILES string of the molecule is Cc1ccc(S(=O)(=O)N2CCCC2)cc1C(=O)N1CCC[C@@H]1C(=O)O. The highest BCUT2D eigenvalue weighted by atomic mass is 32.2. The number of hydrogen-bond acceptors (Lipinski definition) is 4. The van der Waals surface area contributed by atoms with E-state index in [1.54, 1.807) is 13.0 Å². The number of aliphatic carboxylic acids is 1. The fourth-order valence-electron chi connectivity index (χ4n) is 3.49. The molecule has 2 fully saturated rings. The van der Waals surface area contributed by atoms with Crippen LogP contribution in [0, 0.1) is 6.92 Å². The van der Waals surface area contributed by atoms with Gasteiger partial charge in [-0.3, -0.25) is 4.79 Å². The topological polar surface area (TPSA) is 95.0 Å². The van der Waals surface area contributed by atoms with Crippen LogP contribution in [0.15, 0.2) is 23.1 Å². The van der Waals surface area contributed by atoms with E-state index in [4.69, 9.17) is 0 Å². The lowest BCUT2D eigenvalue weighted by atomic mass is 10.1. The molecule has 0 aromatic heterocycles. The first-order valence-electron chi connectivity index (χ1n) is 8.47. The summed E-state index contributed by atoms with van der Waals surface area (Å²) in [6, 6.07) is 3.67. The number of hydrogen-bond donors (Lipinski definition) is 1. The standard InChI is InChI=1S/C17H22N2O5S/c1-12-6-7-13(25(23,24)18-8-2-3-9-18)11-14(12)16(20)19-10-4-5-15(19)17(21)22/h6-7,11,15H,2-5,8-10H2,1H3,(H,21,22)/t15-/m1/s1. The average Bonchev–Trinajstić information content (AvgIpc) is 3.26. The molecule has 136 valence electrons. The van der Waals surface area contributed by atoms with Crippen LogP contribution in [0.25, 0.3) is 0 Å². The summed E-state index contributed by atoms with van der Waals surface area (Å²) >= 11 is 0. The van der Waals surface area contributed by atoms with Crippen molar-refractivity contribution in [3.8, 4) is 0 Å². The summed E-state index contributed by atoms with van der Waals surface area (Å²) < 4.78 is 26.9. The lowest BCUT2D eigenvalue weighted by Crippen LogP contribution is -2.40. The molecule has 8 heteroatoms. The quantitative estimate of drug-likeness (QED) is 0.871. The smallest absolute Gasteiger partial charge is 0.326 e. The van der Waals surface area contributed by atoms with Crippen LogP contribution in [-0.2, 0) is 14.8 Å². The molecule has 0 spiro atoms. The van der Waals surface area contributed by atoms with Crippen LogP contribution in [0.5, 0.6) is 0 Å². The Hall–Kier alpha value is -1.93. The van der Waals surface area contributed by atoms with Gasteiger partial charge in [-0.2, -0.15) is 4.31 Å². The van der Waals surface area contributed by atoms with Gasteiger partial charge in [-0.25, -0.2) is 13.2 Å². The molecule has 1 aromatic carbocycles. The molecule has 2 aliphatic rings. The predicted octanol–water partition coefficient (Wildman–Crippen LogP) is 1.47. The van der Waals surface area contributed by atoms with Crippen LogP contribution in [-0.4, -0.2) is 60.3 Å². The third-order valence-corrected chi connectivity index (χ3v) is 6.84. The molecule has 0 saturated carbocycles. The van der Waals surface area contributed by atoms with E-state index in [-0.39, 0.29) is 10.5 Å². The molecule has 0 unspecified atom stereocenters. The number of carbonyl (C=O) groups excluding carboxylic acids is 1. The van der Waals surface area contributed by atoms with Crippen LogP contribution in [0.3, 0.4) is 0 Å². The van der Waals surface area contributed by atoms with Crippen molar-refractivity contribution in [2.75, 3.05) is 19.6 Å². The monoisotopic (exact) mass is 366 g/mol. The lowest BCUT2D eigenvalue weighted by molar-refractivity contribution is -0.141. The highest BCUT2D eigenvalue weighted by Gasteiger charge is 2.35. The number of nitrogens with zero attached hydrogens (tertiary/aromatic N) is 2. The Morgan fingerprint density at radius 1 is 1.12 bits per heavy atom. The largest absolute Gasteiger partial charge is 0.480 e. The highest BCUT2D eigenvalue weighted by molar-refractivity contribution is 7.89. The van der Waals surface area contributed by atoms with Crippen LogP contribution in [0.4, 0.5) is 0 Å². The number of sulfonamides is 1. The zero-order valence-electron chi connectivity index (χ0n) is 14.1. The Balaban J connectivity index is 1.94. The predicted molar refractivity (Wildman–Crippen MR) is 90.9 cm³/mol. The van der Waals surface area contributed by atoms with Crippen molar-refractivity contribution < 1.29 is 23.1 Å². The number of carbonyl (C=O) groups is 2. The normalized spacial score (nSPS) is 21.6. The van der Waals surface area contributed by atoms with Crippen LogP contribution in [0.2, 0.25) is 0 Å². The third-order valence-electron chi connectivity index (χ3n) is 4.94. The zero-order chi connectivity index (χ0) is 18.2. The van der Waals surface area contributed by atoms with Gasteiger partial charge in [0.1, 0.15) is 6.04 Å². The molecule has 1 N–H and O–H groups in total. The number of likely N-dealkylation sites (tertiary alicyclic amines) is 1. The average molecular weight is 366 g/mol. The van der Waals surface area contributed by atoms with Crippen molar-refractivity contribution in [2.24, 2.45) is 0 Å². The molecule has 0 aliphatic carbocycles. The molecule has 1 aromatic rings. The Kier molecular flexibility index (Phi) is 4.83. The molecule has 0 radical (unpaired) electrons. The van der Waals surface area contributed by atoms with Gasteiger partial charge in [-0.05, 0) is 50.3 Å². The first-order valence-corrected chi connectivity index (χ1v) is 9.91. The Morgan fingerprint density at radius 2 is 1.80 bits per heavy atom. The van der Waals surface area contributed by atoms with E-state index in [1.165, 1.54) is 21.3 Å². The van der Waals surface area contributed by atoms with Crippen molar-refractivity contribution in [3.05, 3.63) is 29.3 Å². The molecular formula is C17H22N2O5S. The second-order valence-electron chi connectivity index (χ2n) is 6.58. The molecule has 2 saturated heterocycles. The van der Waals surface area contributed by atoms with Crippen molar-refractivity contribution in [1.29, 1.82) is 0 Å². The zero-order valence-corrected chi connectivity index (χ0v) is 15.0. The summed E-state index contributed by atoms with van der Waals surface area (Å²) in [7, 11) is -3.62. The van der Waals surface area contributed by atoms with Crippen molar-refractivity contribution in [2.45, 2.75) is 43.5 Å². The van der Waals surface area contributed by atoms with Gasteiger partial charge in [0.15, 0.2) is 0 Å². The minimum atomic E-state index is -3.62. The third kappa shape index (κ3) is 3.28. The first kappa shape index (κ1) is 17.9. The van der Waals surface area contributed by atoms with Crippen molar-refractivity contribution in [1.82, 2.24) is 9.21 Å². The van der Waals surface area contributed by atoms with E-state index in [2.05, 4.69) is 0 Å². The Labute approximate surface area is 147 Å². The summed E-state index contributed by atoms with van der Waals surface area (Å²) in [4.78, 5) is 25.6. The number of benzene rings is 1. The Bertz CT molecular complexity index is 799. The first-order chi connectivity index (χ1) is 11.8. The van der Waals surface area contributed by atoms with Gasteiger partial charge in [-0.1, -0.05) is 6.07 Å². The molecule has 1 amide bonds. The van der Waals surface area contributed by atoms with E-state index in [0.717, 1.165) is 12.8 Å². The number of aryl methyl sites for hydroxylation is 1. The molecule has 2 aliphatic heterocycles. The van der Waals surface area contributed by atoms with Gasteiger partial charge >= 0.3 is 5.97 Å². The summed E-state index contributed by atoms with van der Waals surface area (Å²) in [5.41, 5.74) is 0.898. The van der Waals surface area contributed by atoms with Gasteiger partial charge in [0, 0.05) is 25.2 Å². The minimum absolute atomic E-state index is 0.0921. The molecule has 0 bridgehead atoms. The van der Waals surface area contributed by atoms with E-state index >= 15 is 0 Å². The maximum atomic E-state index is 12.8. The van der Waals surface area contributed by atoms with Crippen LogP contribution < -0.4 is 0 Å². The van der Waals surface area contributed by atoms with Crippen LogP contribution in [0.1, 0.15) is 41.6 Å². The molecule has 7 nitrogen and oxygen atoms in total. The number of rotatable bonds is 4. The summed E-state index contributed by atoms with van der Waals surface area (Å²) in [5.74, 6) is -1.44. The van der Waals surface area contributed by atoms with Crippen LogP contribution >= 0.6 is 0 Å². The molecule has 1 atom stereocenters. The maximum absolute atomic E-state index is 12.8. The molecule has 25 heavy (non-hydrogen) atoms. The van der Waals surface area contributed by atoms with Gasteiger partial charge in [0.05, 0.1) is 4.90 Å². The Morgan fingerprint density at radius 3 is 2.44 bits per heavy atom. The van der Waals surface area contributed by atoms with Crippen molar-refractivity contribution >= 4 is 21.9 Å². The number of carboxylic acids is 1. The van der Waals surface area contributed by atoms with Gasteiger partial charge < -0.3 is 10.0 Å². The molecule has 3 rings (SSSR count). The summed E-state index contributed by atoms with van der Waals surface area (Å²) in [6.07, 6.45) is 2.73. The lowest BCUT2D eigenvalue weighted by Gasteiger charge is -2.23. The number of amides is 1. The molecule has 2 heterocycles. The van der Waals surface area contributed by atoms with E-state index in [0.29, 0.717) is 38.0 Å². The second-order valence-corrected chi connectivity index (χ2v) is 8.52. The fourth-order valence-corrected chi connectivity index (χ4v) is 5.03. The van der Waals surface area contributed by atoms with Crippen molar-refractivity contribution in [3.63, 3.8) is 0 Å². The van der Waals surface area contributed by atoms with Gasteiger partial charge in [0.2, 0.25) is 10.0 Å². The summed E-state index contributed by atoms with van der Waals surface area (Å²) in [6.45, 7) is 3.09. The second kappa shape index (κ2) is 6.76. The van der Waals surface area contributed by atoms with E-state index in [9.17, 15) is 23.1 Å². The molecular weight excluding hydrogens is 344 g/mol. The summed E-state index contributed by atoms with van der Waals surface area (Å²) in [5, 5.41) is 9.28. The fraction of sp³-hybridized carbons (Fsp3) is 0.529.